The highest BCUT2D eigenvalue weighted by Gasteiger charge is 2.23. The fourth-order valence-electron chi connectivity index (χ4n) is 2.91. The van der Waals surface area contributed by atoms with Crippen LogP contribution in [0.2, 0.25) is 0 Å². The summed E-state index contributed by atoms with van der Waals surface area (Å²) in [5.74, 6) is 0.829. The Hall–Kier alpha value is -1.60. The van der Waals surface area contributed by atoms with Crippen LogP contribution in [0.15, 0.2) is 29.3 Å². The van der Waals surface area contributed by atoms with Gasteiger partial charge in [0.15, 0.2) is 5.96 Å². The summed E-state index contributed by atoms with van der Waals surface area (Å²) in [5, 5.41) is 3.32. The van der Waals surface area contributed by atoms with E-state index < -0.39 is 15.6 Å². The van der Waals surface area contributed by atoms with E-state index in [2.05, 4.69) is 44.2 Å². The molecule has 0 aliphatic carbocycles. The molecule has 1 aliphatic rings. The molecule has 0 saturated heterocycles. The molecule has 0 amide bonds. The van der Waals surface area contributed by atoms with Crippen molar-refractivity contribution in [3.63, 3.8) is 0 Å². The van der Waals surface area contributed by atoms with Gasteiger partial charge in [-0.2, -0.15) is 0 Å². The smallest absolute Gasteiger partial charge is 0.209 e. The first-order chi connectivity index (χ1) is 11.2. The van der Waals surface area contributed by atoms with Gasteiger partial charge >= 0.3 is 0 Å². The first-order valence-electron chi connectivity index (χ1n) is 8.29. The van der Waals surface area contributed by atoms with Crippen LogP contribution in [0.3, 0.4) is 0 Å². The van der Waals surface area contributed by atoms with Gasteiger partial charge in [-0.15, -0.1) is 0 Å². The number of aliphatic imine (C=N–C) groups is 1. The second-order valence-corrected chi connectivity index (χ2v) is 8.62. The number of nitrogens with one attached hydrogen (secondary N) is 2. The summed E-state index contributed by atoms with van der Waals surface area (Å²) in [5.41, 5.74) is 2.09. The molecule has 2 N–H and O–H groups in total. The molecule has 134 valence electrons. The van der Waals surface area contributed by atoms with Gasteiger partial charge < -0.3 is 10.2 Å². The molecule has 1 aliphatic heterocycles. The molecule has 1 heterocycles. The Morgan fingerprint density at radius 2 is 1.96 bits per heavy atom. The van der Waals surface area contributed by atoms with Gasteiger partial charge in [0.25, 0.3) is 0 Å². The summed E-state index contributed by atoms with van der Waals surface area (Å²) >= 11 is 0. The maximum atomic E-state index is 11.5. The summed E-state index contributed by atoms with van der Waals surface area (Å²) in [6, 6.07) is 8.47. The van der Waals surface area contributed by atoms with Crippen LogP contribution in [0.25, 0.3) is 0 Å². The second-order valence-electron chi connectivity index (χ2n) is 6.87. The van der Waals surface area contributed by atoms with E-state index in [1.807, 2.05) is 20.8 Å². The van der Waals surface area contributed by atoms with E-state index in [0.717, 1.165) is 32.0 Å². The minimum absolute atomic E-state index is 0.376. The Labute approximate surface area is 145 Å². The Balaban J connectivity index is 2.12. The van der Waals surface area contributed by atoms with Crippen molar-refractivity contribution in [2.45, 2.75) is 39.3 Å². The summed E-state index contributed by atoms with van der Waals surface area (Å²) in [4.78, 5) is 6.89. The zero-order valence-electron chi connectivity index (χ0n) is 15.0. The molecular weight excluding hydrogens is 324 g/mol. The number of hydrogen-bond acceptors (Lipinski definition) is 3. The zero-order valence-corrected chi connectivity index (χ0v) is 15.8. The summed E-state index contributed by atoms with van der Waals surface area (Å²) in [6.45, 7) is 8.59. The summed E-state index contributed by atoms with van der Waals surface area (Å²) in [6.07, 6.45) is 2.16. The van der Waals surface area contributed by atoms with Crippen LogP contribution in [0.4, 0.5) is 0 Å². The van der Waals surface area contributed by atoms with Gasteiger partial charge in [0.05, 0.1) is 12.8 Å². The third kappa shape index (κ3) is 5.49. The molecule has 0 unspecified atom stereocenters. The minimum Gasteiger partial charge on any atom is -0.357 e. The van der Waals surface area contributed by atoms with Crippen LogP contribution < -0.4 is 10.0 Å². The van der Waals surface area contributed by atoms with Gasteiger partial charge in [-0.3, -0.25) is 4.99 Å². The molecule has 0 aromatic heterocycles. The lowest BCUT2D eigenvalue weighted by Crippen LogP contribution is -2.48. The van der Waals surface area contributed by atoms with Gasteiger partial charge in [0.1, 0.15) is 0 Å². The zero-order chi connectivity index (χ0) is 17.8. The number of rotatable bonds is 5. The highest BCUT2D eigenvalue weighted by atomic mass is 32.2. The molecule has 0 saturated carbocycles. The summed E-state index contributed by atoms with van der Waals surface area (Å²) < 4.78 is 25.6. The maximum Gasteiger partial charge on any atom is 0.209 e. The van der Waals surface area contributed by atoms with Crippen molar-refractivity contribution >= 4 is 16.0 Å². The van der Waals surface area contributed by atoms with E-state index in [1.54, 1.807) is 0 Å². The number of hydrogen-bond donors (Lipinski definition) is 2. The van der Waals surface area contributed by atoms with Crippen molar-refractivity contribution in [3.05, 3.63) is 35.4 Å². The van der Waals surface area contributed by atoms with E-state index in [0.29, 0.717) is 6.54 Å². The SMILES string of the molecule is CCNC(=NCC(C)(C)NS(C)(=O)=O)N1CCc2ccccc2C1. The average molecular weight is 353 g/mol. The van der Waals surface area contributed by atoms with Crippen LogP contribution in [-0.4, -0.2) is 50.7 Å². The highest BCUT2D eigenvalue weighted by Crippen LogP contribution is 2.18. The number of fused-ring (bicyclic) bond motifs is 1. The Kier molecular flexibility index (Phi) is 5.87. The van der Waals surface area contributed by atoms with Gasteiger partial charge in [-0.25, -0.2) is 13.1 Å². The fraction of sp³-hybridized carbons (Fsp3) is 0.588. The molecule has 0 atom stereocenters. The molecule has 1 aromatic carbocycles. The molecule has 6 nitrogen and oxygen atoms in total. The maximum absolute atomic E-state index is 11.5. The molecular formula is C17H28N4O2S. The molecule has 2 rings (SSSR count). The third-order valence-electron chi connectivity index (χ3n) is 3.85. The van der Waals surface area contributed by atoms with E-state index >= 15 is 0 Å². The van der Waals surface area contributed by atoms with E-state index in [9.17, 15) is 8.42 Å². The van der Waals surface area contributed by atoms with Crippen LogP contribution in [0.5, 0.6) is 0 Å². The van der Waals surface area contributed by atoms with E-state index in [1.165, 1.54) is 17.4 Å². The van der Waals surface area contributed by atoms with Crippen LogP contribution in [0.1, 0.15) is 31.9 Å². The Morgan fingerprint density at radius 3 is 2.58 bits per heavy atom. The highest BCUT2D eigenvalue weighted by molar-refractivity contribution is 7.88. The Morgan fingerprint density at radius 1 is 1.29 bits per heavy atom. The van der Waals surface area contributed by atoms with Crippen molar-refractivity contribution in [2.75, 3.05) is 25.9 Å². The van der Waals surface area contributed by atoms with E-state index in [-0.39, 0.29) is 0 Å². The van der Waals surface area contributed by atoms with Gasteiger partial charge in [-0.05, 0) is 38.3 Å². The van der Waals surface area contributed by atoms with E-state index in [4.69, 9.17) is 0 Å². The largest absolute Gasteiger partial charge is 0.357 e. The average Bonchev–Trinajstić information content (AvgIpc) is 2.48. The predicted molar refractivity (Wildman–Crippen MR) is 98.6 cm³/mol. The number of guanidine groups is 1. The van der Waals surface area contributed by atoms with Gasteiger partial charge in [0, 0.05) is 25.2 Å². The van der Waals surface area contributed by atoms with Crippen molar-refractivity contribution in [3.8, 4) is 0 Å². The van der Waals surface area contributed by atoms with Crippen molar-refractivity contribution in [2.24, 2.45) is 4.99 Å². The molecule has 7 heteroatoms. The predicted octanol–water partition coefficient (Wildman–Crippen LogP) is 1.34. The Bertz CT molecular complexity index is 698. The molecule has 1 aromatic rings. The topological polar surface area (TPSA) is 73.8 Å². The third-order valence-corrected chi connectivity index (χ3v) is 4.77. The first-order valence-corrected chi connectivity index (χ1v) is 10.2. The lowest BCUT2D eigenvalue weighted by atomic mass is 10.0. The first kappa shape index (κ1) is 18.7. The van der Waals surface area contributed by atoms with Crippen molar-refractivity contribution in [1.82, 2.24) is 14.9 Å². The lowest BCUT2D eigenvalue weighted by Gasteiger charge is -2.32. The van der Waals surface area contributed by atoms with Gasteiger partial charge in [-0.1, -0.05) is 24.3 Å². The molecule has 0 radical (unpaired) electrons. The van der Waals surface area contributed by atoms with Gasteiger partial charge in [0.2, 0.25) is 10.0 Å². The van der Waals surface area contributed by atoms with Crippen LogP contribution in [-0.2, 0) is 23.0 Å². The number of benzene rings is 1. The number of nitrogens with zero attached hydrogens (tertiary/aromatic N) is 2. The van der Waals surface area contributed by atoms with Crippen LogP contribution >= 0.6 is 0 Å². The van der Waals surface area contributed by atoms with Crippen molar-refractivity contribution < 1.29 is 8.42 Å². The molecule has 0 spiro atoms. The minimum atomic E-state index is -3.26. The summed E-state index contributed by atoms with van der Waals surface area (Å²) in [7, 11) is -3.26. The lowest BCUT2D eigenvalue weighted by molar-refractivity contribution is 0.374. The normalized spacial score (nSPS) is 16.0. The molecule has 24 heavy (non-hydrogen) atoms. The number of sulfonamides is 1. The molecule has 0 fully saturated rings. The van der Waals surface area contributed by atoms with Crippen molar-refractivity contribution in [1.29, 1.82) is 0 Å². The molecule has 0 bridgehead atoms. The van der Waals surface area contributed by atoms with Crippen LogP contribution in [0, 0.1) is 0 Å². The fourth-order valence-corrected chi connectivity index (χ4v) is 3.98. The second kappa shape index (κ2) is 7.53. The quantitative estimate of drug-likeness (QED) is 0.619. The standard InChI is InChI=1S/C17H28N4O2S/c1-5-18-16(19-13-17(2,3)20-24(4,22)23)21-11-10-14-8-6-7-9-15(14)12-21/h6-9,20H,5,10-13H2,1-4H3,(H,18,19). The monoisotopic (exact) mass is 352 g/mol.